The van der Waals surface area contributed by atoms with Gasteiger partial charge in [-0.3, -0.25) is 4.99 Å². The van der Waals surface area contributed by atoms with E-state index in [2.05, 4.69) is 37.3 Å². The fourth-order valence-corrected chi connectivity index (χ4v) is 4.07. The van der Waals surface area contributed by atoms with Crippen molar-refractivity contribution in [3.8, 4) is 0 Å². The monoisotopic (exact) mass is 238 g/mol. The van der Waals surface area contributed by atoms with Crippen LogP contribution in [0, 0.1) is 0 Å². The molecule has 0 saturated heterocycles. The van der Waals surface area contributed by atoms with Crippen LogP contribution in [0.2, 0.25) is 0 Å². The van der Waals surface area contributed by atoms with Gasteiger partial charge in [0.2, 0.25) is 0 Å². The third-order valence-electron chi connectivity index (χ3n) is 3.49. The van der Waals surface area contributed by atoms with E-state index < -0.39 is 0 Å². The number of rotatable bonds is 1. The number of nitrogens with zero attached hydrogens (tertiary/aromatic N) is 2. The van der Waals surface area contributed by atoms with E-state index in [0.717, 1.165) is 0 Å². The van der Waals surface area contributed by atoms with Crippen molar-refractivity contribution < 1.29 is 0 Å². The van der Waals surface area contributed by atoms with Gasteiger partial charge in [-0.05, 0) is 33.1 Å². The second-order valence-corrected chi connectivity index (χ2v) is 6.56. The van der Waals surface area contributed by atoms with Gasteiger partial charge in [0.1, 0.15) is 0 Å². The van der Waals surface area contributed by atoms with E-state index in [4.69, 9.17) is 0 Å². The summed E-state index contributed by atoms with van der Waals surface area (Å²) in [5.74, 6) is 0. The highest BCUT2D eigenvalue weighted by Crippen LogP contribution is 2.39. The summed E-state index contributed by atoms with van der Waals surface area (Å²) in [5.41, 5.74) is 1.88. The van der Waals surface area contributed by atoms with Crippen molar-refractivity contribution in [2.75, 3.05) is 7.05 Å². The van der Waals surface area contributed by atoms with Crippen molar-refractivity contribution in [1.29, 1.82) is 0 Å². The Labute approximate surface area is 102 Å². The van der Waals surface area contributed by atoms with Gasteiger partial charge in [0, 0.05) is 29.1 Å². The Bertz CT molecular complexity index is 449. The SMILES string of the molecule is C/N=c1/sc2c(n1C(C)C)CCCC2(C)C. The predicted octanol–water partition coefficient (Wildman–Crippen LogP) is 3.27. The van der Waals surface area contributed by atoms with Crippen molar-refractivity contribution >= 4 is 11.3 Å². The average molecular weight is 238 g/mol. The second-order valence-electron chi connectivity index (χ2n) is 5.59. The van der Waals surface area contributed by atoms with E-state index in [9.17, 15) is 0 Å². The molecule has 2 rings (SSSR count). The number of aromatic nitrogens is 1. The zero-order chi connectivity index (χ0) is 11.9. The van der Waals surface area contributed by atoms with Gasteiger partial charge in [-0.1, -0.05) is 13.8 Å². The molecule has 0 spiro atoms. The standard InChI is InChI=1S/C13H22N2S/c1-9(2)15-10-7-6-8-13(3,4)11(10)16-12(15)14-5/h9H,6-8H2,1-5H3/b14-12+. The molecule has 3 heteroatoms. The number of thiazole rings is 1. The summed E-state index contributed by atoms with van der Waals surface area (Å²) in [4.78, 5) is 7.20. The minimum Gasteiger partial charge on any atom is -0.318 e. The minimum absolute atomic E-state index is 0.345. The summed E-state index contributed by atoms with van der Waals surface area (Å²) in [6, 6.07) is 0.521. The minimum atomic E-state index is 0.345. The molecule has 16 heavy (non-hydrogen) atoms. The molecule has 1 heterocycles. The quantitative estimate of drug-likeness (QED) is 0.714. The molecular formula is C13H22N2S. The lowest BCUT2D eigenvalue weighted by Crippen LogP contribution is -2.25. The fraction of sp³-hybridized carbons (Fsp3) is 0.769. The largest absolute Gasteiger partial charge is 0.318 e. The molecule has 0 unspecified atom stereocenters. The maximum Gasteiger partial charge on any atom is 0.185 e. The summed E-state index contributed by atoms with van der Waals surface area (Å²) >= 11 is 1.89. The van der Waals surface area contributed by atoms with E-state index in [1.807, 2.05) is 18.4 Å². The molecule has 0 aromatic carbocycles. The summed E-state index contributed by atoms with van der Waals surface area (Å²) < 4.78 is 2.43. The summed E-state index contributed by atoms with van der Waals surface area (Å²) in [6.07, 6.45) is 3.84. The van der Waals surface area contributed by atoms with Crippen LogP contribution in [0.15, 0.2) is 4.99 Å². The molecule has 1 aliphatic carbocycles. The van der Waals surface area contributed by atoms with Gasteiger partial charge in [0.15, 0.2) is 4.80 Å². The van der Waals surface area contributed by atoms with Crippen LogP contribution >= 0.6 is 11.3 Å². The molecule has 0 fully saturated rings. The van der Waals surface area contributed by atoms with E-state index >= 15 is 0 Å². The van der Waals surface area contributed by atoms with E-state index in [1.165, 1.54) is 29.8 Å². The average Bonchev–Trinajstić information content (AvgIpc) is 2.57. The van der Waals surface area contributed by atoms with Crippen molar-refractivity contribution in [1.82, 2.24) is 4.57 Å². The van der Waals surface area contributed by atoms with Crippen molar-refractivity contribution in [3.63, 3.8) is 0 Å². The normalized spacial score (nSPS) is 20.2. The molecule has 1 aromatic heterocycles. The first-order chi connectivity index (χ1) is 7.47. The fourth-order valence-electron chi connectivity index (χ4n) is 2.68. The van der Waals surface area contributed by atoms with Crippen LogP contribution < -0.4 is 4.80 Å². The van der Waals surface area contributed by atoms with Crippen LogP contribution in [0.25, 0.3) is 0 Å². The molecule has 1 aliphatic rings. The molecule has 2 nitrogen and oxygen atoms in total. The van der Waals surface area contributed by atoms with Gasteiger partial charge < -0.3 is 4.57 Å². The highest BCUT2D eigenvalue weighted by molar-refractivity contribution is 7.09. The Kier molecular flexibility index (Phi) is 2.99. The summed E-state index contributed by atoms with van der Waals surface area (Å²) in [6.45, 7) is 9.24. The van der Waals surface area contributed by atoms with E-state index in [1.54, 1.807) is 4.88 Å². The van der Waals surface area contributed by atoms with Gasteiger partial charge >= 0.3 is 0 Å². The number of hydrogen-bond donors (Lipinski definition) is 0. The van der Waals surface area contributed by atoms with Gasteiger partial charge in [-0.25, -0.2) is 0 Å². The van der Waals surface area contributed by atoms with Crippen LogP contribution in [-0.2, 0) is 11.8 Å². The lowest BCUT2D eigenvalue weighted by Gasteiger charge is -2.30. The summed E-state index contributed by atoms with van der Waals surface area (Å²) in [7, 11) is 1.91. The van der Waals surface area contributed by atoms with E-state index in [0.29, 0.717) is 11.5 Å². The Morgan fingerprint density at radius 2 is 2.06 bits per heavy atom. The van der Waals surface area contributed by atoms with Gasteiger partial charge in [-0.15, -0.1) is 11.3 Å². The Morgan fingerprint density at radius 3 is 2.62 bits per heavy atom. The van der Waals surface area contributed by atoms with Crippen LogP contribution in [-0.4, -0.2) is 11.6 Å². The molecule has 0 amide bonds. The summed E-state index contributed by atoms with van der Waals surface area (Å²) in [5, 5.41) is 0. The molecule has 0 bridgehead atoms. The van der Waals surface area contributed by atoms with Crippen LogP contribution in [0.5, 0.6) is 0 Å². The molecule has 90 valence electrons. The molecule has 0 aliphatic heterocycles. The number of hydrogen-bond acceptors (Lipinski definition) is 2. The molecule has 0 atom stereocenters. The van der Waals surface area contributed by atoms with Crippen molar-refractivity contribution in [2.24, 2.45) is 4.99 Å². The maximum absolute atomic E-state index is 4.44. The topological polar surface area (TPSA) is 17.3 Å². The highest BCUT2D eigenvalue weighted by Gasteiger charge is 2.31. The van der Waals surface area contributed by atoms with Crippen LogP contribution in [0.3, 0.4) is 0 Å². The highest BCUT2D eigenvalue weighted by atomic mass is 32.1. The first-order valence-electron chi connectivity index (χ1n) is 6.15. The smallest absolute Gasteiger partial charge is 0.185 e. The Morgan fingerprint density at radius 1 is 1.38 bits per heavy atom. The van der Waals surface area contributed by atoms with Gasteiger partial charge in [-0.2, -0.15) is 0 Å². The second kappa shape index (κ2) is 4.02. The molecule has 1 aromatic rings. The lowest BCUT2D eigenvalue weighted by atomic mass is 9.79. The lowest BCUT2D eigenvalue weighted by molar-refractivity contribution is 0.419. The zero-order valence-corrected chi connectivity index (χ0v) is 11.8. The molecule has 0 saturated carbocycles. The first kappa shape index (κ1) is 11.9. The van der Waals surface area contributed by atoms with Crippen molar-refractivity contribution in [3.05, 3.63) is 15.4 Å². The van der Waals surface area contributed by atoms with Crippen molar-refractivity contribution in [2.45, 2.75) is 58.4 Å². The van der Waals surface area contributed by atoms with E-state index in [-0.39, 0.29) is 0 Å². The van der Waals surface area contributed by atoms with Gasteiger partial charge in [0.25, 0.3) is 0 Å². The van der Waals surface area contributed by atoms with Gasteiger partial charge in [0.05, 0.1) is 0 Å². The Hall–Kier alpha value is -0.570. The predicted molar refractivity (Wildman–Crippen MR) is 70.1 cm³/mol. The first-order valence-corrected chi connectivity index (χ1v) is 6.96. The Balaban J connectivity index is 2.69. The third kappa shape index (κ3) is 1.75. The number of fused-ring (bicyclic) bond motifs is 1. The molecular weight excluding hydrogens is 216 g/mol. The van der Waals surface area contributed by atoms with Crippen LogP contribution in [0.1, 0.15) is 57.1 Å². The molecule has 0 N–H and O–H groups in total. The molecule has 0 radical (unpaired) electrons. The van der Waals surface area contributed by atoms with Crippen LogP contribution in [0.4, 0.5) is 0 Å². The third-order valence-corrected chi connectivity index (χ3v) is 5.04. The zero-order valence-electron chi connectivity index (χ0n) is 11.0. The maximum atomic E-state index is 4.44.